The third-order valence-corrected chi connectivity index (χ3v) is 3.30. The summed E-state index contributed by atoms with van der Waals surface area (Å²) in [7, 11) is 1.60. The monoisotopic (exact) mass is 290 g/mol. The number of methoxy groups -OCH3 is 1. The SMILES string of the molecule is COc1ccccc1C(C)NC(=O)c1cnccc1Cl. The van der Waals surface area contributed by atoms with Crippen LogP contribution in [0.2, 0.25) is 5.02 Å². The zero-order chi connectivity index (χ0) is 14.5. The van der Waals surface area contributed by atoms with Gasteiger partial charge >= 0.3 is 0 Å². The minimum atomic E-state index is -0.262. The fourth-order valence-corrected chi connectivity index (χ4v) is 2.11. The predicted octanol–water partition coefficient (Wildman–Crippen LogP) is 3.23. The Bertz CT molecular complexity index is 616. The Hall–Kier alpha value is -2.07. The molecule has 2 rings (SSSR count). The van der Waals surface area contributed by atoms with Gasteiger partial charge in [-0.25, -0.2) is 0 Å². The minimum absolute atomic E-state index is 0.199. The van der Waals surface area contributed by atoms with E-state index in [4.69, 9.17) is 16.3 Å². The van der Waals surface area contributed by atoms with Crippen LogP contribution < -0.4 is 10.1 Å². The number of nitrogens with one attached hydrogen (secondary N) is 1. The number of ether oxygens (including phenoxy) is 1. The van der Waals surface area contributed by atoms with Gasteiger partial charge < -0.3 is 10.1 Å². The van der Waals surface area contributed by atoms with Crippen LogP contribution in [0.3, 0.4) is 0 Å². The number of amides is 1. The summed E-state index contributed by atoms with van der Waals surface area (Å²) >= 11 is 5.98. The molecular weight excluding hydrogens is 276 g/mol. The van der Waals surface area contributed by atoms with Gasteiger partial charge in [0.05, 0.1) is 23.7 Å². The third kappa shape index (κ3) is 3.08. The van der Waals surface area contributed by atoms with Crippen molar-refractivity contribution in [2.24, 2.45) is 0 Å². The number of rotatable bonds is 4. The highest BCUT2D eigenvalue weighted by molar-refractivity contribution is 6.33. The average molecular weight is 291 g/mol. The number of carbonyl (C=O) groups excluding carboxylic acids is 1. The molecule has 1 amide bonds. The van der Waals surface area contributed by atoms with Crippen molar-refractivity contribution < 1.29 is 9.53 Å². The van der Waals surface area contributed by atoms with E-state index in [9.17, 15) is 4.79 Å². The van der Waals surface area contributed by atoms with Gasteiger partial charge in [0.1, 0.15) is 5.75 Å². The van der Waals surface area contributed by atoms with Gasteiger partial charge in [-0.3, -0.25) is 9.78 Å². The van der Waals surface area contributed by atoms with Gasteiger partial charge in [0.15, 0.2) is 0 Å². The van der Waals surface area contributed by atoms with Crippen LogP contribution >= 0.6 is 11.6 Å². The number of benzene rings is 1. The van der Waals surface area contributed by atoms with E-state index >= 15 is 0 Å². The lowest BCUT2D eigenvalue weighted by atomic mass is 10.1. The van der Waals surface area contributed by atoms with Gasteiger partial charge in [-0.05, 0) is 19.1 Å². The molecule has 20 heavy (non-hydrogen) atoms. The lowest BCUT2D eigenvalue weighted by Gasteiger charge is -2.17. The zero-order valence-corrected chi connectivity index (χ0v) is 12.0. The highest BCUT2D eigenvalue weighted by Gasteiger charge is 2.16. The van der Waals surface area contributed by atoms with E-state index in [2.05, 4.69) is 10.3 Å². The molecule has 1 N–H and O–H groups in total. The lowest BCUT2D eigenvalue weighted by molar-refractivity contribution is 0.0939. The number of aromatic nitrogens is 1. The fourth-order valence-electron chi connectivity index (χ4n) is 1.92. The lowest BCUT2D eigenvalue weighted by Crippen LogP contribution is -2.27. The maximum Gasteiger partial charge on any atom is 0.254 e. The van der Waals surface area contributed by atoms with Crippen LogP contribution in [0.1, 0.15) is 28.9 Å². The predicted molar refractivity (Wildman–Crippen MR) is 78.1 cm³/mol. The van der Waals surface area contributed by atoms with E-state index in [0.29, 0.717) is 10.6 Å². The molecule has 1 aromatic heterocycles. The van der Waals surface area contributed by atoms with Gasteiger partial charge in [-0.1, -0.05) is 29.8 Å². The minimum Gasteiger partial charge on any atom is -0.496 e. The number of halogens is 1. The average Bonchev–Trinajstić information content (AvgIpc) is 2.47. The zero-order valence-electron chi connectivity index (χ0n) is 11.3. The van der Waals surface area contributed by atoms with Crippen molar-refractivity contribution in [1.29, 1.82) is 0 Å². The van der Waals surface area contributed by atoms with Gasteiger partial charge in [0.25, 0.3) is 5.91 Å². The van der Waals surface area contributed by atoms with Crippen LogP contribution in [0.5, 0.6) is 5.75 Å². The second kappa shape index (κ2) is 6.39. The Balaban J connectivity index is 2.18. The van der Waals surface area contributed by atoms with Crippen molar-refractivity contribution in [2.45, 2.75) is 13.0 Å². The Morgan fingerprint density at radius 1 is 1.35 bits per heavy atom. The molecule has 0 spiro atoms. The Morgan fingerprint density at radius 3 is 2.80 bits per heavy atom. The van der Waals surface area contributed by atoms with E-state index in [-0.39, 0.29) is 11.9 Å². The van der Waals surface area contributed by atoms with E-state index in [1.165, 1.54) is 6.20 Å². The van der Waals surface area contributed by atoms with E-state index < -0.39 is 0 Å². The van der Waals surface area contributed by atoms with Crippen LogP contribution in [0.4, 0.5) is 0 Å². The molecule has 0 aliphatic heterocycles. The largest absolute Gasteiger partial charge is 0.496 e. The molecule has 0 saturated carbocycles. The van der Waals surface area contributed by atoms with Crippen molar-refractivity contribution in [1.82, 2.24) is 10.3 Å². The standard InChI is InChI=1S/C15H15ClN2O2/c1-10(11-5-3-4-6-14(11)20-2)18-15(19)12-9-17-8-7-13(12)16/h3-10H,1-2H3,(H,18,19). The first-order valence-electron chi connectivity index (χ1n) is 6.16. The summed E-state index contributed by atoms with van der Waals surface area (Å²) in [6.45, 7) is 1.89. The van der Waals surface area contributed by atoms with Crippen LogP contribution in [0, 0.1) is 0 Å². The summed E-state index contributed by atoms with van der Waals surface area (Å²) < 4.78 is 5.29. The molecule has 5 heteroatoms. The molecule has 104 valence electrons. The summed E-state index contributed by atoms with van der Waals surface area (Å²) in [6, 6.07) is 8.94. The van der Waals surface area contributed by atoms with Crippen molar-refractivity contribution in [2.75, 3.05) is 7.11 Å². The summed E-state index contributed by atoms with van der Waals surface area (Å²) in [5.74, 6) is 0.471. The van der Waals surface area contributed by atoms with E-state index in [1.54, 1.807) is 19.4 Å². The van der Waals surface area contributed by atoms with Crippen molar-refractivity contribution in [3.8, 4) is 5.75 Å². The number of pyridine rings is 1. The van der Waals surface area contributed by atoms with Gasteiger partial charge in [0, 0.05) is 18.0 Å². The maximum atomic E-state index is 12.2. The van der Waals surface area contributed by atoms with Gasteiger partial charge in [-0.15, -0.1) is 0 Å². The molecule has 1 aromatic carbocycles. The molecule has 1 heterocycles. The first kappa shape index (κ1) is 14.3. The molecule has 4 nitrogen and oxygen atoms in total. The fraction of sp³-hybridized carbons (Fsp3) is 0.200. The van der Waals surface area contributed by atoms with Crippen LogP contribution in [0.25, 0.3) is 0 Å². The topological polar surface area (TPSA) is 51.2 Å². The van der Waals surface area contributed by atoms with Crippen LogP contribution in [0.15, 0.2) is 42.7 Å². The Labute approximate surface area is 122 Å². The Kier molecular flexibility index (Phi) is 4.58. The number of nitrogens with zero attached hydrogens (tertiary/aromatic N) is 1. The second-order valence-electron chi connectivity index (χ2n) is 4.29. The maximum absolute atomic E-state index is 12.2. The van der Waals surface area contributed by atoms with Crippen molar-refractivity contribution >= 4 is 17.5 Å². The number of carbonyl (C=O) groups is 1. The molecule has 0 fully saturated rings. The quantitative estimate of drug-likeness (QED) is 0.940. The molecule has 2 aromatic rings. The molecule has 0 saturated heterocycles. The van der Waals surface area contributed by atoms with Crippen LogP contribution in [-0.2, 0) is 0 Å². The first-order valence-corrected chi connectivity index (χ1v) is 6.54. The molecular formula is C15H15ClN2O2. The highest BCUT2D eigenvalue weighted by atomic mass is 35.5. The molecule has 0 aliphatic rings. The number of para-hydroxylation sites is 1. The smallest absolute Gasteiger partial charge is 0.254 e. The summed E-state index contributed by atoms with van der Waals surface area (Å²) in [5, 5.41) is 3.26. The molecule has 0 bridgehead atoms. The first-order chi connectivity index (χ1) is 9.63. The van der Waals surface area contributed by atoms with E-state index in [0.717, 1.165) is 11.3 Å². The molecule has 1 atom stereocenters. The highest BCUT2D eigenvalue weighted by Crippen LogP contribution is 2.25. The van der Waals surface area contributed by atoms with Gasteiger partial charge in [-0.2, -0.15) is 0 Å². The van der Waals surface area contributed by atoms with Crippen LogP contribution in [-0.4, -0.2) is 18.0 Å². The molecule has 0 radical (unpaired) electrons. The van der Waals surface area contributed by atoms with Crippen molar-refractivity contribution in [3.63, 3.8) is 0 Å². The summed E-state index contributed by atoms with van der Waals surface area (Å²) in [4.78, 5) is 16.1. The number of hydrogen-bond donors (Lipinski definition) is 1. The van der Waals surface area contributed by atoms with Crippen molar-refractivity contribution in [3.05, 3.63) is 58.9 Å². The molecule has 0 aliphatic carbocycles. The summed E-state index contributed by atoms with van der Waals surface area (Å²) in [6.07, 6.45) is 3.00. The second-order valence-corrected chi connectivity index (χ2v) is 4.70. The Morgan fingerprint density at radius 2 is 2.10 bits per heavy atom. The van der Waals surface area contributed by atoms with E-state index in [1.807, 2.05) is 31.2 Å². The summed E-state index contributed by atoms with van der Waals surface area (Å²) in [5.41, 5.74) is 1.26. The number of hydrogen-bond acceptors (Lipinski definition) is 3. The molecule has 1 unspecified atom stereocenters. The third-order valence-electron chi connectivity index (χ3n) is 2.97. The van der Waals surface area contributed by atoms with Gasteiger partial charge in [0.2, 0.25) is 0 Å². The normalized spacial score (nSPS) is 11.8.